The lowest BCUT2D eigenvalue weighted by atomic mass is 9.84. The molecule has 2 aliphatic rings. The Morgan fingerprint density at radius 2 is 1.92 bits per heavy atom. The second-order valence-electron chi connectivity index (χ2n) is 6.82. The molecule has 146 valence electrons. The van der Waals surface area contributed by atoms with Crippen molar-refractivity contribution in [3.63, 3.8) is 0 Å². The van der Waals surface area contributed by atoms with E-state index in [1.807, 2.05) is 7.11 Å². The molecule has 1 unspecified atom stereocenters. The van der Waals surface area contributed by atoms with Gasteiger partial charge in [0.1, 0.15) is 0 Å². The van der Waals surface area contributed by atoms with Gasteiger partial charge in [-0.05, 0) is 18.9 Å². The molecule has 2 heterocycles. The van der Waals surface area contributed by atoms with Crippen LogP contribution in [0.4, 0.5) is 13.2 Å². The van der Waals surface area contributed by atoms with Gasteiger partial charge in [-0.1, -0.05) is 29.8 Å². The number of nitrogens with zero attached hydrogens (tertiary/aromatic N) is 1. The molecule has 0 amide bonds. The first-order chi connectivity index (χ1) is 12.1. The van der Waals surface area contributed by atoms with Gasteiger partial charge < -0.3 is 14.6 Å². The Bertz CT molecular complexity index is 597. The summed E-state index contributed by atoms with van der Waals surface area (Å²) >= 11 is 0. The van der Waals surface area contributed by atoms with Crippen molar-refractivity contribution in [2.75, 3.05) is 26.8 Å². The van der Waals surface area contributed by atoms with E-state index in [1.54, 1.807) is 0 Å². The third-order valence-electron chi connectivity index (χ3n) is 4.57. The monoisotopic (exact) mass is 375 g/mol. The summed E-state index contributed by atoms with van der Waals surface area (Å²) in [4.78, 5) is 11.4. The fraction of sp³-hybridized carbons (Fsp3) is 0.611. The Labute approximate surface area is 150 Å². The van der Waals surface area contributed by atoms with Gasteiger partial charge in [0.15, 0.2) is 0 Å². The maximum absolute atomic E-state index is 10.6. The fourth-order valence-corrected chi connectivity index (χ4v) is 3.24. The molecule has 2 aliphatic heterocycles. The lowest BCUT2D eigenvalue weighted by molar-refractivity contribution is -0.195. The topological polar surface area (TPSA) is 59.0 Å². The number of carboxylic acid groups (broad SMARTS) is 1. The van der Waals surface area contributed by atoms with Gasteiger partial charge in [-0.25, -0.2) is 4.79 Å². The number of rotatable bonds is 3. The number of alkyl halides is 3. The van der Waals surface area contributed by atoms with Crippen LogP contribution in [-0.2, 0) is 20.8 Å². The molecule has 5 nitrogen and oxygen atoms in total. The van der Waals surface area contributed by atoms with Crippen LogP contribution < -0.4 is 0 Å². The molecule has 2 fully saturated rings. The standard InChI is InChI=1S/C16H23NO2.C2HF3O2/c1-13-3-5-14(6-4-13)10-17-11-16(12-17)9-15(18-2)7-8-19-16;3-2(4,5)1(6)7/h3-6,15H,7-12H2,1-2H3;(H,6,7). The van der Waals surface area contributed by atoms with Gasteiger partial charge in [0.25, 0.3) is 0 Å². The average molecular weight is 375 g/mol. The van der Waals surface area contributed by atoms with Crippen LogP contribution in [0.1, 0.15) is 24.0 Å². The van der Waals surface area contributed by atoms with Crippen molar-refractivity contribution in [2.45, 2.75) is 44.2 Å². The first-order valence-electron chi connectivity index (χ1n) is 8.38. The minimum absolute atomic E-state index is 0.0730. The quantitative estimate of drug-likeness (QED) is 0.880. The van der Waals surface area contributed by atoms with Crippen LogP contribution in [0, 0.1) is 6.92 Å². The Hall–Kier alpha value is -1.64. The molecule has 8 heteroatoms. The number of carboxylic acids is 1. The van der Waals surface area contributed by atoms with E-state index in [0.717, 1.165) is 39.1 Å². The van der Waals surface area contributed by atoms with E-state index in [0.29, 0.717) is 6.10 Å². The molecule has 1 atom stereocenters. The first-order valence-corrected chi connectivity index (χ1v) is 8.38. The number of benzene rings is 1. The number of methoxy groups -OCH3 is 1. The molecule has 0 saturated carbocycles. The van der Waals surface area contributed by atoms with Crippen molar-refractivity contribution in [1.82, 2.24) is 4.90 Å². The molecule has 0 bridgehead atoms. The number of hydrogen-bond acceptors (Lipinski definition) is 4. The van der Waals surface area contributed by atoms with Gasteiger partial charge in [-0.2, -0.15) is 13.2 Å². The SMILES string of the molecule is COC1CCOC2(C1)CN(Cc1ccc(C)cc1)C2.O=C(O)C(F)(F)F. The third kappa shape index (κ3) is 5.69. The zero-order valence-corrected chi connectivity index (χ0v) is 14.9. The second-order valence-corrected chi connectivity index (χ2v) is 6.82. The summed E-state index contributed by atoms with van der Waals surface area (Å²) in [6, 6.07) is 8.81. The first kappa shape index (κ1) is 20.7. The summed E-state index contributed by atoms with van der Waals surface area (Å²) in [7, 11) is 1.81. The summed E-state index contributed by atoms with van der Waals surface area (Å²) in [6.07, 6.45) is -2.61. The number of likely N-dealkylation sites (tertiary alicyclic amines) is 1. The number of hydrogen-bond donors (Lipinski definition) is 1. The maximum atomic E-state index is 10.6. The number of aryl methyl sites for hydroxylation is 1. The highest BCUT2D eigenvalue weighted by Crippen LogP contribution is 2.35. The van der Waals surface area contributed by atoms with Crippen molar-refractivity contribution in [3.8, 4) is 0 Å². The predicted molar refractivity (Wildman–Crippen MR) is 88.9 cm³/mol. The van der Waals surface area contributed by atoms with E-state index < -0.39 is 12.1 Å². The highest BCUT2D eigenvalue weighted by Gasteiger charge is 2.47. The molecule has 1 aromatic carbocycles. The van der Waals surface area contributed by atoms with Crippen molar-refractivity contribution >= 4 is 5.97 Å². The number of carbonyl (C=O) groups is 1. The Morgan fingerprint density at radius 3 is 2.42 bits per heavy atom. The average Bonchev–Trinajstić information content (AvgIpc) is 2.55. The van der Waals surface area contributed by atoms with Crippen LogP contribution in [0.15, 0.2) is 24.3 Å². The van der Waals surface area contributed by atoms with E-state index in [-0.39, 0.29) is 5.60 Å². The molecule has 1 spiro atoms. The number of ether oxygens (including phenoxy) is 2. The van der Waals surface area contributed by atoms with Crippen LogP contribution in [0.2, 0.25) is 0 Å². The van der Waals surface area contributed by atoms with Crippen molar-refractivity contribution in [3.05, 3.63) is 35.4 Å². The zero-order chi connectivity index (χ0) is 19.4. The predicted octanol–water partition coefficient (Wildman–Crippen LogP) is 3.01. The van der Waals surface area contributed by atoms with Gasteiger partial charge >= 0.3 is 12.1 Å². The maximum Gasteiger partial charge on any atom is 0.490 e. The molecule has 1 aromatic rings. The van der Waals surface area contributed by atoms with Crippen LogP contribution in [0.25, 0.3) is 0 Å². The van der Waals surface area contributed by atoms with Crippen LogP contribution in [0.3, 0.4) is 0 Å². The highest BCUT2D eigenvalue weighted by molar-refractivity contribution is 5.73. The van der Waals surface area contributed by atoms with Gasteiger partial charge in [0.2, 0.25) is 0 Å². The van der Waals surface area contributed by atoms with Crippen LogP contribution in [0.5, 0.6) is 0 Å². The molecule has 3 rings (SSSR count). The lowest BCUT2D eigenvalue weighted by Crippen LogP contribution is -2.65. The smallest absolute Gasteiger partial charge is 0.475 e. The minimum atomic E-state index is -5.08. The van der Waals surface area contributed by atoms with E-state index in [4.69, 9.17) is 19.4 Å². The number of aliphatic carboxylic acids is 1. The van der Waals surface area contributed by atoms with Crippen LogP contribution in [-0.4, -0.2) is 60.7 Å². The van der Waals surface area contributed by atoms with Gasteiger partial charge in [-0.3, -0.25) is 4.90 Å². The summed E-state index contributed by atoms with van der Waals surface area (Å²) in [6.45, 7) is 6.09. The second kappa shape index (κ2) is 8.37. The molecular formula is C18H24F3NO4. The third-order valence-corrected chi connectivity index (χ3v) is 4.57. The normalized spacial score (nSPS) is 22.3. The molecular weight excluding hydrogens is 351 g/mol. The summed E-state index contributed by atoms with van der Waals surface area (Å²) in [5.41, 5.74) is 2.78. The number of halogens is 3. The Morgan fingerprint density at radius 1 is 1.35 bits per heavy atom. The lowest BCUT2D eigenvalue weighted by Gasteiger charge is -2.53. The van der Waals surface area contributed by atoms with Gasteiger partial charge in [0, 0.05) is 39.8 Å². The Balaban J connectivity index is 0.000000298. The fourth-order valence-electron chi connectivity index (χ4n) is 3.24. The minimum Gasteiger partial charge on any atom is -0.475 e. The summed E-state index contributed by atoms with van der Waals surface area (Å²) in [5, 5.41) is 7.12. The summed E-state index contributed by atoms with van der Waals surface area (Å²) in [5.74, 6) is -2.76. The molecule has 1 N–H and O–H groups in total. The van der Waals surface area contributed by atoms with E-state index in [9.17, 15) is 13.2 Å². The van der Waals surface area contributed by atoms with E-state index in [2.05, 4.69) is 36.1 Å². The molecule has 0 radical (unpaired) electrons. The van der Waals surface area contributed by atoms with Crippen LogP contribution >= 0.6 is 0 Å². The molecule has 0 aliphatic carbocycles. The highest BCUT2D eigenvalue weighted by atomic mass is 19.4. The van der Waals surface area contributed by atoms with Gasteiger partial charge in [0.05, 0.1) is 11.7 Å². The van der Waals surface area contributed by atoms with Crippen molar-refractivity contribution in [1.29, 1.82) is 0 Å². The van der Waals surface area contributed by atoms with E-state index in [1.165, 1.54) is 11.1 Å². The largest absolute Gasteiger partial charge is 0.490 e. The summed E-state index contributed by atoms with van der Waals surface area (Å²) < 4.78 is 43.2. The molecule has 2 saturated heterocycles. The zero-order valence-electron chi connectivity index (χ0n) is 14.9. The molecule has 26 heavy (non-hydrogen) atoms. The Kier molecular flexibility index (Phi) is 6.65. The van der Waals surface area contributed by atoms with Crippen molar-refractivity contribution in [2.24, 2.45) is 0 Å². The molecule has 0 aromatic heterocycles. The van der Waals surface area contributed by atoms with Crippen molar-refractivity contribution < 1.29 is 32.5 Å². The van der Waals surface area contributed by atoms with Gasteiger partial charge in [-0.15, -0.1) is 0 Å². The van der Waals surface area contributed by atoms with E-state index >= 15 is 0 Å².